The van der Waals surface area contributed by atoms with E-state index in [2.05, 4.69) is 56.3 Å². The minimum atomic E-state index is 0.723. The number of ether oxygens (including phenoxy) is 2. The van der Waals surface area contributed by atoms with Crippen LogP contribution in [0.2, 0.25) is 0 Å². The van der Waals surface area contributed by atoms with Crippen molar-refractivity contribution in [2.24, 2.45) is 0 Å². The summed E-state index contributed by atoms with van der Waals surface area (Å²) in [7, 11) is 0. The van der Waals surface area contributed by atoms with Gasteiger partial charge in [0.1, 0.15) is 11.5 Å². The second-order valence-electron chi connectivity index (χ2n) is 6.19. The predicted molar refractivity (Wildman–Crippen MR) is 102 cm³/mol. The molecule has 126 valence electrons. The predicted octanol–water partition coefficient (Wildman–Crippen LogP) is 6.35. The number of hydrogen-bond donors (Lipinski definition) is 0. The Balaban J connectivity index is 2.12. The van der Waals surface area contributed by atoms with Gasteiger partial charge in [-0.15, -0.1) is 0 Å². The number of hydrogen-bond acceptors (Lipinski definition) is 2. The maximum atomic E-state index is 6.28. The molecule has 3 aromatic carbocycles. The molecule has 0 spiro atoms. The molecule has 2 heteroatoms. The number of benzene rings is 3. The minimum Gasteiger partial charge on any atom is -0.493 e. The van der Waals surface area contributed by atoms with E-state index in [4.69, 9.17) is 9.47 Å². The van der Waals surface area contributed by atoms with Crippen LogP contribution in [-0.2, 0) is 0 Å². The summed E-state index contributed by atoms with van der Waals surface area (Å²) in [4.78, 5) is 0. The van der Waals surface area contributed by atoms with Gasteiger partial charge in [-0.05, 0) is 35.7 Å². The third-order valence-corrected chi connectivity index (χ3v) is 4.26. The highest BCUT2D eigenvalue weighted by atomic mass is 16.5. The molecule has 0 N–H and O–H groups in total. The second kappa shape index (κ2) is 8.05. The first-order valence-electron chi connectivity index (χ1n) is 9.05. The van der Waals surface area contributed by atoms with Crippen LogP contribution in [0.25, 0.3) is 21.5 Å². The first-order valence-corrected chi connectivity index (χ1v) is 9.05. The second-order valence-corrected chi connectivity index (χ2v) is 6.19. The first-order chi connectivity index (χ1) is 11.8. The summed E-state index contributed by atoms with van der Waals surface area (Å²) >= 11 is 0. The van der Waals surface area contributed by atoms with Crippen molar-refractivity contribution in [1.82, 2.24) is 0 Å². The zero-order chi connectivity index (χ0) is 16.8. The van der Waals surface area contributed by atoms with Crippen molar-refractivity contribution in [2.75, 3.05) is 13.2 Å². The minimum absolute atomic E-state index is 0.723. The van der Waals surface area contributed by atoms with Gasteiger partial charge in [0, 0.05) is 5.39 Å². The molecular weight excluding hydrogens is 296 g/mol. The maximum absolute atomic E-state index is 6.28. The number of rotatable bonds is 8. The Bertz CT molecular complexity index is 808. The first kappa shape index (κ1) is 16.6. The van der Waals surface area contributed by atoms with Gasteiger partial charge in [-0.2, -0.15) is 0 Å². The fourth-order valence-electron chi connectivity index (χ4n) is 3.05. The molecule has 0 atom stereocenters. The van der Waals surface area contributed by atoms with Gasteiger partial charge in [0.2, 0.25) is 0 Å². The Hall–Kier alpha value is -2.22. The highest BCUT2D eigenvalue weighted by Crippen LogP contribution is 2.40. The number of fused-ring (bicyclic) bond motifs is 2. The van der Waals surface area contributed by atoms with Gasteiger partial charge in [-0.3, -0.25) is 0 Å². The molecule has 0 aromatic heterocycles. The average Bonchev–Trinajstić information content (AvgIpc) is 2.62. The number of unbranched alkanes of at least 4 members (excludes halogenated alkanes) is 2. The van der Waals surface area contributed by atoms with E-state index in [9.17, 15) is 0 Å². The third-order valence-electron chi connectivity index (χ3n) is 4.26. The van der Waals surface area contributed by atoms with E-state index in [1.807, 2.05) is 6.07 Å². The Morgan fingerprint density at radius 3 is 2.42 bits per heavy atom. The summed E-state index contributed by atoms with van der Waals surface area (Å²) in [6, 6.07) is 16.9. The van der Waals surface area contributed by atoms with Crippen LogP contribution in [-0.4, -0.2) is 13.2 Å². The molecule has 0 saturated carbocycles. The third kappa shape index (κ3) is 3.48. The van der Waals surface area contributed by atoms with E-state index in [1.165, 1.54) is 23.6 Å². The van der Waals surface area contributed by atoms with Gasteiger partial charge in [-0.1, -0.05) is 63.1 Å². The van der Waals surface area contributed by atoms with E-state index in [1.54, 1.807) is 0 Å². The topological polar surface area (TPSA) is 18.5 Å². The molecule has 0 bridgehead atoms. The molecule has 0 saturated heterocycles. The molecule has 3 aromatic rings. The van der Waals surface area contributed by atoms with Crippen molar-refractivity contribution in [2.45, 2.75) is 39.5 Å². The largest absolute Gasteiger partial charge is 0.493 e. The van der Waals surface area contributed by atoms with Gasteiger partial charge in [0.15, 0.2) is 0 Å². The van der Waals surface area contributed by atoms with Crippen molar-refractivity contribution in [3.63, 3.8) is 0 Å². The Labute approximate surface area is 144 Å². The molecule has 0 unspecified atom stereocenters. The smallest absolute Gasteiger partial charge is 0.138 e. The van der Waals surface area contributed by atoms with Crippen LogP contribution >= 0.6 is 0 Å². The highest BCUT2D eigenvalue weighted by molar-refractivity contribution is 6.07. The van der Waals surface area contributed by atoms with Gasteiger partial charge >= 0.3 is 0 Å². The van der Waals surface area contributed by atoms with Crippen LogP contribution < -0.4 is 9.47 Å². The fraction of sp³-hybridized carbons (Fsp3) is 0.364. The van der Waals surface area contributed by atoms with Crippen molar-refractivity contribution < 1.29 is 9.47 Å². The molecule has 0 aliphatic rings. The van der Waals surface area contributed by atoms with Crippen LogP contribution in [0.4, 0.5) is 0 Å². The van der Waals surface area contributed by atoms with E-state index in [-0.39, 0.29) is 0 Å². The quantitative estimate of drug-likeness (QED) is 0.355. The molecule has 3 rings (SSSR count). The van der Waals surface area contributed by atoms with Crippen molar-refractivity contribution in [1.29, 1.82) is 0 Å². The van der Waals surface area contributed by atoms with Crippen molar-refractivity contribution in [3.05, 3.63) is 48.5 Å². The van der Waals surface area contributed by atoms with E-state index in [0.29, 0.717) is 0 Å². The molecule has 0 aliphatic heterocycles. The summed E-state index contributed by atoms with van der Waals surface area (Å²) < 4.78 is 12.3. The molecule has 0 aliphatic carbocycles. The molecule has 24 heavy (non-hydrogen) atoms. The zero-order valence-electron chi connectivity index (χ0n) is 14.7. The standard InChI is InChI=1S/C22H26O2/c1-3-5-8-15-24-22-19-12-7-6-10-17(19)16-18-11-9-13-20(21(18)22)23-14-4-2/h6-7,9-13,16H,3-5,8,14-15H2,1-2H3. The van der Waals surface area contributed by atoms with Crippen LogP contribution in [0.15, 0.2) is 48.5 Å². The van der Waals surface area contributed by atoms with E-state index < -0.39 is 0 Å². The fourth-order valence-corrected chi connectivity index (χ4v) is 3.05. The van der Waals surface area contributed by atoms with Gasteiger partial charge in [-0.25, -0.2) is 0 Å². The summed E-state index contributed by atoms with van der Waals surface area (Å²) in [6.45, 7) is 5.81. The maximum Gasteiger partial charge on any atom is 0.138 e. The Morgan fingerprint density at radius 2 is 1.58 bits per heavy atom. The van der Waals surface area contributed by atoms with Crippen LogP contribution in [0.3, 0.4) is 0 Å². The molecule has 2 nitrogen and oxygen atoms in total. The monoisotopic (exact) mass is 322 g/mol. The lowest BCUT2D eigenvalue weighted by Gasteiger charge is -2.16. The van der Waals surface area contributed by atoms with E-state index >= 15 is 0 Å². The summed E-state index contributed by atoms with van der Waals surface area (Å²) in [5.74, 6) is 1.89. The van der Waals surface area contributed by atoms with Gasteiger partial charge in [0.05, 0.1) is 18.6 Å². The highest BCUT2D eigenvalue weighted by Gasteiger charge is 2.13. The van der Waals surface area contributed by atoms with Crippen LogP contribution in [0.5, 0.6) is 11.5 Å². The van der Waals surface area contributed by atoms with Gasteiger partial charge in [0.25, 0.3) is 0 Å². The summed E-state index contributed by atoms with van der Waals surface area (Å²) in [5, 5.41) is 4.64. The molecule has 0 fully saturated rings. The van der Waals surface area contributed by atoms with Crippen molar-refractivity contribution in [3.8, 4) is 11.5 Å². The normalized spacial score (nSPS) is 11.1. The molecule has 0 amide bonds. The molecule has 0 radical (unpaired) electrons. The Kier molecular flexibility index (Phi) is 5.58. The lowest BCUT2D eigenvalue weighted by molar-refractivity contribution is 0.305. The van der Waals surface area contributed by atoms with Gasteiger partial charge < -0.3 is 9.47 Å². The summed E-state index contributed by atoms with van der Waals surface area (Å²) in [5.41, 5.74) is 0. The van der Waals surface area contributed by atoms with Crippen LogP contribution in [0, 0.1) is 0 Å². The average molecular weight is 322 g/mol. The van der Waals surface area contributed by atoms with E-state index in [0.717, 1.165) is 48.3 Å². The zero-order valence-corrected chi connectivity index (χ0v) is 14.7. The van der Waals surface area contributed by atoms with Crippen LogP contribution in [0.1, 0.15) is 39.5 Å². The summed E-state index contributed by atoms with van der Waals surface area (Å²) in [6.07, 6.45) is 4.47. The lowest BCUT2D eigenvalue weighted by Crippen LogP contribution is -2.01. The SMILES string of the molecule is CCCCCOc1c2ccccc2cc2cccc(OCCC)c12. The lowest BCUT2D eigenvalue weighted by atomic mass is 10.0. The molecule has 0 heterocycles. The van der Waals surface area contributed by atoms with Crippen molar-refractivity contribution >= 4 is 21.5 Å². The Morgan fingerprint density at radius 1 is 0.750 bits per heavy atom. The molecular formula is C22H26O2.